The predicted molar refractivity (Wildman–Crippen MR) is 76.2 cm³/mol. The third-order valence-corrected chi connectivity index (χ3v) is 2.60. The Bertz CT molecular complexity index is 131. The monoisotopic (exact) mass is 197 g/mol. The van der Waals surface area contributed by atoms with Gasteiger partial charge in [-0.3, -0.25) is 0 Å². The lowest BCUT2D eigenvalue weighted by Gasteiger charge is -2.46. The summed E-state index contributed by atoms with van der Waals surface area (Å²) in [6.07, 6.45) is 0. The van der Waals surface area contributed by atoms with Crippen LogP contribution >= 0.6 is 0 Å². The Morgan fingerprint density at radius 1 is 0.500 bits per heavy atom. The van der Waals surface area contributed by atoms with Gasteiger partial charge in [0, 0.05) is 0 Å². The zero-order valence-electron chi connectivity index (χ0n) is 11.1. The zero-order chi connectivity index (χ0) is 11.1. The molecule has 0 unspecified atom stereocenters. The van der Waals surface area contributed by atoms with Crippen molar-refractivity contribution in [2.24, 2.45) is 0 Å². The van der Waals surface area contributed by atoms with E-state index < -0.39 is 0 Å². The second-order valence-corrected chi connectivity index (χ2v) is 7.53. The molecule has 0 radical (unpaired) electrons. The first kappa shape index (κ1) is 16.6. The van der Waals surface area contributed by atoms with Gasteiger partial charge in [-0.1, -0.05) is 86.7 Å². The van der Waals surface area contributed by atoms with Crippen LogP contribution in [0.5, 0.6) is 0 Å². The van der Waals surface area contributed by atoms with Gasteiger partial charge >= 0.3 is 0 Å². The molecule has 0 spiro atoms. The van der Waals surface area contributed by atoms with Crippen LogP contribution in [0.3, 0.4) is 0 Å². The van der Waals surface area contributed by atoms with Gasteiger partial charge in [-0.25, -0.2) is 0 Å². The molecule has 0 aliphatic carbocycles. The highest BCUT2D eigenvalue weighted by Gasteiger charge is 2.45. The number of hydrogen-bond donors (Lipinski definition) is 0. The first-order chi connectivity index (χ1) is 5.37. The summed E-state index contributed by atoms with van der Waals surface area (Å²) in [7, 11) is 0. The molecule has 0 saturated heterocycles. The highest BCUT2D eigenvalue weighted by Crippen LogP contribution is 2.52. The fourth-order valence-corrected chi connectivity index (χ4v) is 3.90. The van der Waals surface area contributed by atoms with E-state index in [1.165, 1.54) is 0 Å². The van der Waals surface area contributed by atoms with Crippen molar-refractivity contribution >= 4 is 15.1 Å². The topological polar surface area (TPSA) is 0 Å². The molecule has 14 heavy (non-hydrogen) atoms. The Hall–Kier alpha value is 0.130. The number of hydrogen-bond acceptors (Lipinski definition) is 0. The second kappa shape index (κ2) is 4.33. The van der Waals surface area contributed by atoms with Gasteiger partial charge in [0.05, 0.1) is 0 Å². The van der Waals surface area contributed by atoms with Crippen LogP contribution in [0.15, 0.2) is 0 Å². The molecular weight excluding hydrogens is 166 g/mol. The molecule has 86 valence electrons. The van der Waals surface area contributed by atoms with Crippen molar-refractivity contribution in [3.63, 3.8) is 0 Å². The van der Waals surface area contributed by atoms with Crippen LogP contribution < -0.4 is 0 Å². The molecule has 0 heterocycles. The summed E-state index contributed by atoms with van der Waals surface area (Å²) in [5, 5.41) is 1.16. The van der Waals surface area contributed by atoms with Crippen LogP contribution in [0, 0.1) is 0 Å². The number of rotatable bonds is 0. The molecule has 0 aliphatic heterocycles. The van der Waals surface area contributed by atoms with Gasteiger partial charge in [0.15, 0.2) is 6.71 Å². The average molecular weight is 197 g/mol. The molecule has 0 aromatic carbocycles. The molecule has 0 rings (SSSR count). The lowest BCUT2D eigenvalue weighted by atomic mass is 9.15. The summed E-state index contributed by atoms with van der Waals surface area (Å²) in [4.78, 5) is 0. The van der Waals surface area contributed by atoms with Gasteiger partial charge in [-0.05, 0) is 0 Å². The zero-order valence-corrected chi connectivity index (χ0v) is 11.1. The molecule has 0 bridgehead atoms. The van der Waals surface area contributed by atoms with E-state index in [0.29, 0.717) is 15.9 Å². The van der Waals surface area contributed by atoms with Crippen molar-refractivity contribution in [2.75, 3.05) is 0 Å². The van der Waals surface area contributed by atoms with E-state index in [1.807, 2.05) is 0 Å². The van der Waals surface area contributed by atoms with E-state index >= 15 is 0 Å². The fraction of sp³-hybridized carbons (Fsp3) is 1.00. The second-order valence-electron chi connectivity index (χ2n) is 7.53. The maximum atomic E-state index is 2.36. The molecule has 0 saturated carbocycles. The first-order valence-electron chi connectivity index (χ1n) is 5.37. The molecular formula is C12H31B2-. The molecule has 0 aromatic rings. The van der Waals surface area contributed by atoms with Crippen LogP contribution in [0.4, 0.5) is 0 Å². The highest BCUT2D eigenvalue weighted by molar-refractivity contribution is 6.68. The van der Waals surface area contributed by atoms with Crippen molar-refractivity contribution in [1.29, 1.82) is 0 Å². The van der Waals surface area contributed by atoms with Crippen molar-refractivity contribution in [3.8, 4) is 0 Å². The van der Waals surface area contributed by atoms with Crippen molar-refractivity contribution < 1.29 is 0 Å². The summed E-state index contributed by atoms with van der Waals surface area (Å²) < 4.78 is 0. The van der Waals surface area contributed by atoms with Crippen molar-refractivity contribution in [3.05, 3.63) is 0 Å². The smallest absolute Gasteiger partial charge is 0.0667 e. The standard InChI is InChI=1S/C12H27B.BH4/c1-10(2,3)13(11(4,5)6)12(7,8)9;/h1-9H3;1H4/q;-1. The van der Waals surface area contributed by atoms with E-state index in [2.05, 4.69) is 62.3 Å². The lowest BCUT2D eigenvalue weighted by molar-refractivity contribution is 0.568. The Balaban J connectivity index is 0. The van der Waals surface area contributed by atoms with Crippen molar-refractivity contribution in [1.82, 2.24) is 0 Å². The Morgan fingerprint density at radius 2 is 0.643 bits per heavy atom. The van der Waals surface area contributed by atoms with Gasteiger partial charge in [-0.2, -0.15) is 0 Å². The van der Waals surface area contributed by atoms with Crippen LogP contribution in [0.1, 0.15) is 62.3 Å². The van der Waals surface area contributed by atoms with Crippen LogP contribution in [-0.2, 0) is 0 Å². The molecule has 0 nitrogen and oxygen atoms in total. The van der Waals surface area contributed by atoms with E-state index in [-0.39, 0.29) is 8.41 Å². The quantitative estimate of drug-likeness (QED) is 0.521. The maximum Gasteiger partial charge on any atom is 0.156 e. The summed E-state index contributed by atoms with van der Waals surface area (Å²) in [5.41, 5.74) is 0. The van der Waals surface area contributed by atoms with Gasteiger partial charge in [0.1, 0.15) is 0 Å². The molecule has 2 heteroatoms. The van der Waals surface area contributed by atoms with Gasteiger partial charge in [0.2, 0.25) is 0 Å². The average Bonchev–Trinajstić information content (AvgIpc) is 1.44. The third kappa shape index (κ3) is 4.57. The van der Waals surface area contributed by atoms with Gasteiger partial charge in [0.25, 0.3) is 0 Å². The SMILES string of the molecule is CC(C)(C)B(C(C)(C)C)C(C)(C)C.[BH4-]. The van der Waals surface area contributed by atoms with Crippen molar-refractivity contribution in [2.45, 2.75) is 78.3 Å². The summed E-state index contributed by atoms with van der Waals surface area (Å²) in [5.74, 6) is 0. The van der Waals surface area contributed by atoms with E-state index in [0.717, 1.165) is 6.71 Å². The van der Waals surface area contributed by atoms with Crippen LogP contribution in [-0.4, -0.2) is 15.1 Å². The molecule has 0 N–H and O–H groups in total. The van der Waals surface area contributed by atoms with Gasteiger partial charge < -0.3 is 0 Å². The van der Waals surface area contributed by atoms with E-state index in [1.54, 1.807) is 0 Å². The molecule has 0 fully saturated rings. The summed E-state index contributed by atoms with van der Waals surface area (Å²) in [6, 6.07) is 0. The molecule has 0 atom stereocenters. The minimum Gasteiger partial charge on any atom is -0.0667 e. The fourth-order valence-electron chi connectivity index (χ4n) is 3.90. The summed E-state index contributed by atoms with van der Waals surface area (Å²) in [6.45, 7) is 21.9. The third-order valence-electron chi connectivity index (χ3n) is 2.60. The largest absolute Gasteiger partial charge is 0.156 e. The summed E-state index contributed by atoms with van der Waals surface area (Å²) >= 11 is 0. The minimum atomic E-state index is 0. The van der Waals surface area contributed by atoms with Gasteiger partial charge in [-0.15, -0.1) is 0 Å². The maximum absolute atomic E-state index is 2.36. The van der Waals surface area contributed by atoms with Crippen LogP contribution in [0.25, 0.3) is 0 Å². The first-order valence-corrected chi connectivity index (χ1v) is 5.37. The normalized spacial score (nSPS) is 13.5. The van der Waals surface area contributed by atoms with Crippen LogP contribution in [0.2, 0.25) is 15.9 Å². The highest BCUT2D eigenvalue weighted by atomic mass is 14.2. The lowest BCUT2D eigenvalue weighted by Crippen LogP contribution is -2.42. The van der Waals surface area contributed by atoms with E-state index in [9.17, 15) is 0 Å². The Labute approximate surface area is 93.9 Å². The predicted octanol–water partition coefficient (Wildman–Crippen LogP) is 3.43. The van der Waals surface area contributed by atoms with E-state index in [4.69, 9.17) is 0 Å². The Kier molecular flexibility index (Phi) is 5.12. The minimum absolute atomic E-state index is 0. The molecule has 0 aliphatic rings. The molecule has 0 amide bonds. The Morgan fingerprint density at radius 3 is 0.643 bits per heavy atom. The molecule has 0 aromatic heterocycles.